The molecule has 0 amide bonds. The molecule has 1 atom stereocenters. The van der Waals surface area contributed by atoms with Gasteiger partial charge in [-0.25, -0.2) is 0 Å². The zero-order valence-corrected chi connectivity index (χ0v) is 16.8. The second-order valence-electron chi connectivity index (χ2n) is 4.90. The summed E-state index contributed by atoms with van der Waals surface area (Å²) in [5.74, 6) is 0.880. The summed E-state index contributed by atoms with van der Waals surface area (Å²) in [6, 6.07) is 4.59. The summed E-state index contributed by atoms with van der Waals surface area (Å²) < 4.78 is 8.82. The van der Waals surface area contributed by atoms with Crippen molar-refractivity contribution < 1.29 is 4.74 Å². The van der Waals surface area contributed by atoms with Crippen LogP contribution in [0, 0.1) is 0 Å². The van der Waals surface area contributed by atoms with Crippen LogP contribution < -0.4 is 10.1 Å². The van der Waals surface area contributed by atoms with Gasteiger partial charge in [-0.05, 0) is 83.1 Å². The first-order valence-electron chi connectivity index (χ1n) is 7.05. The first-order valence-corrected chi connectivity index (χ1v) is 9.43. The molecule has 2 nitrogen and oxygen atoms in total. The Balaban J connectivity index is 2.25. The Morgan fingerprint density at radius 3 is 2.40 bits per heavy atom. The van der Waals surface area contributed by atoms with Gasteiger partial charge >= 0.3 is 0 Å². The van der Waals surface area contributed by atoms with Crippen molar-refractivity contribution in [2.24, 2.45) is 0 Å². The molecule has 5 heteroatoms. The predicted octanol–water partition coefficient (Wildman–Crippen LogP) is 5.91. The molecular weight excluding hydrogens is 450 g/mol. The second-order valence-corrected chi connectivity index (χ2v) is 7.52. The lowest BCUT2D eigenvalue weighted by atomic mass is 10.1. The number of hydrogen-bond donors (Lipinski definition) is 1. The van der Waals surface area contributed by atoms with Crippen LogP contribution in [0.25, 0.3) is 0 Å². The highest BCUT2D eigenvalue weighted by molar-refractivity contribution is 9.11. The Morgan fingerprint density at radius 1 is 1.15 bits per heavy atom. The van der Waals surface area contributed by atoms with Crippen LogP contribution in [0.15, 0.2) is 25.6 Å². The van der Waals surface area contributed by atoms with Gasteiger partial charge in [-0.15, -0.1) is 0 Å². The molecule has 1 N–H and O–H groups in total. The minimum Gasteiger partial charge on any atom is -0.491 e. The van der Waals surface area contributed by atoms with E-state index in [-0.39, 0.29) is 0 Å². The van der Waals surface area contributed by atoms with Gasteiger partial charge in [-0.3, -0.25) is 0 Å². The highest BCUT2D eigenvalue weighted by Crippen LogP contribution is 2.36. The molecule has 0 fully saturated rings. The molecule has 114 valence electrons. The van der Waals surface area contributed by atoms with E-state index in [9.17, 15) is 0 Å². The summed E-state index contributed by atoms with van der Waals surface area (Å²) in [4.78, 5) is 0. The molecule has 0 saturated carbocycles. The molecule has 1 rings (SSSR count). The number of benzene rings is 1. The van der Waals surface area contributed by atoms with Gasteiger partial charge in [0.2, 0.25) is 0 Å². The fraction of sp³-hybridized carbons (Fsp3) is 0.600. The van der Waals surface area contributed by atoms with Gasteiger partial charge in [0.05, 0.1) is 15.6 Å². The van der Waals surface area contributed by atoms with Crippen molar-refractivity contribution in [3.05, 3.63) is 25.6 Å². The molecule has 0 heterocycles. The first kappa shape index (κ1) is 18.5. The van der Waals surface area contributed by atoms with Crippen LogP contribution in [0.1, 0.15) is 39.5 Å². The number of hydrogen-bond acceptors (Lipinski definition) is 2. The van der Waals surface area contributed by atoms with E-state index >= 15 is 0 Å². The lowest BCUT2D eigenvalue weighted by Gasteiger charge is -2.14. The maximum atomic E-state index is 5.85. The zero-order chi connectivity index (χ0) is 15.0. The molecule has 1 aromatic carbocycles. The smallest absolute Gasteiger partial charge is 0.147 e. The van der Waals surface area contributed by atoms with Gasteiger partial charge in [0.25, 0.3) is 0 Å². The van der Waals surface area contributed by atoms with Crippen LogP contribution in [-0.2, 0) is 0 Å². The second kappa shape index (κ2) is 10.2. The van der Waals surface area contributed by atoms with E-state index < -0.39 is 0 Å². The Labute approximate surface area is 147 Å². The van der Waals surface area contributed by atoms with Gasteiger partial charge in [-0.1, -0.05) is 22.9 Å². The number of ether oxygens (including phenoxy) is 1. The Morgan fingerprint density at radius 2 is 1.80 bits per heavy atom. The summed E-state index contributed by atoms with van der Waals surface area (Å²) in [7, 11) is 0. The van der Waals surface area contributed by atoms with Crippen LogP contribution >= 0.6 is 47.8 Å². The summed E-state index contributed by atoms with van der Waals surface area (Å²) in [6.45, 7) is 6.30. The highest BCUT2D eigenvalue weighted by atomic mass is 79.9. The molecule has 0 bridgehead atoms. The van der Waals surface area contributed by atoms with Crippen molar-refractivity contribution >= 4 is 47.8 Å². The summed E-state index contributed by atoms with van der Waals surface area (Å²) in [6.07, 6.45) is 4.65. The van der Waals surface area contributed by atoms with Crippen molar-refractivity contribution in [2.45, 2.75) is 45.6 Å². The average Bonchev–Trinajstić information content (AvgIpc) is 2.38. The maximum Gasteiger partial charge on any atom is 0.147 e. The lowest BCUT2D eigenvalue weighted by Crippen LogP contribution is -2.26. The molecule has 0 spiro atoms. The Hall–Kier alpha value is 0.420. The van der Waals surface area contributed by atoms with Crippen molar-refractivity contribution in [1.82, 2.24) is 5.32 Å². The van der Waals surface area contributed by atoms with Crippen LogP contribution in [-0.4, -0.2) is 19.2 Å². The normalized spacial score (nSPS) is 12.4. The SMILES string of the molecule is CCCNC(C)CCCCOc1c(Br)cc(Br)cc1Br. The molecule has 0 aliphatic carbocycles. The zero-order valence-electron chi connectivity index (χ0n) is 12.0. The minimum absolute atomic E-state index is 0.598. The number of halogens is 3. The van der Waals surface area contributed by atoms with Crippen molar-refractivity contribution in [3.8, 4) is 5.75 Å². The fourth-order valence-corrected chi connectivity index (χ4v) is 4.37. The minimum atomic E-state index is 0.598. The molecule has 20 heavy (non-hydrogen) atoms. The third-order valence-corrected chi connectivity index (χ3v) is 4.62. The van der Waals surface area contributed by atoms with E-state index in [4.69, 9.17) is 4.74 Å². The van der Waals surface area contributed by atoms with E-state index in [0.717, 1.165) is 38.7 Å². The van der Waals surface area contributed by atoms with Crippen LogP contribution in [0.5, 0.6) is 5.75 Å². The van der Waals surface area contributed by atoms with E-state index in [2.05, 4.69) is 67.0 Å². The lowest BCUT2D eigenvalue weighted by molar-refractivity contribution is 0.298. The fourth-order valence-electron chi connectivity index (χ4n) is 1.89. The number of rotatable bonds is 9. The van der Waals surface area contributed by atoms with Crippen molar-refractivity contribution in [2.75, 3.05) is 13.2 Å². The van der Waals surface area contributed by atoms with E-state index in [0.29, 0.717) is 6.04 Å². The summed E-state index contributed by atoms with van der Waals surface area (Å²) >= 11 is 10.5. The van der Waals surface area contributed by atoms with Crippen molar-refractivity contribution in [1.29, 1.82) is 0 Å². The molecule has 1 aromatic rings. The number of unbranched alkanes of at least 4 members (excludes halogenated alkanes) is 1. The third-order valence-electron chi connectivity index (χ3n) is 2.98. The van der Waals surface area contributed by atoms with Crippen LogP contribution in [0.3, 0.4) is 0 Å². The van der Waals surface area contributed by atoms with Gasteiger partial charge in [0.15, 0.2) is 0 Å². The molecular formula is C15H22Br3NO. The van der Waals surface area contributed by atoms with E-state index in [1.807, 2.05) is 12.1 Å². The Bertz CT molecular complexity index is 389. The van der Waals surface area contributed by atoms with Crippen molar-refractivity contribution in [3.63, 3.8) is 0 Å². The molecule has 0 radical (unpaired) electrons. The molecule has 0 aliphatic heterocycles. The largest absolute Gasteiger partial charge is 0.491 e. The van der Waals surface area contributed by atoms with Gasteiger partial charge in [0.1, 0.15) is 5.75 Å². The third kappa shape index (κ3) is 6.92. The first-order chi connectivity index (χ1) is 9.54. The maximum absolute atomic E-state index is 5.85. The van der Waals surface area contributed by atoms with E-state index in [1.165, 1.54) is 19.3 Å². The van der Waals surface area contributed by atoms with Crippen LogP contribution in [0.2, 0.25) is 0 Å². The Kier molecular flexibility index (Phi) is 9.42. The average molecular weight is 472 g/mol. The molecule has 0 aromatic heterocycles. The van der Waals surface area contributed by atoms with E-state index in [1.54, 1.807) is 0 Å². The molecule has 1 unspecified atom stereocenters. The van der Waals surface area contributed by atoms with Crippen LogP contribution in [0.4, 0.5) is 0 Å². The topological polar surface area (TPSA) is 21.3 Å². The number of nitrogens with one attached hydrogen (secondary N) is 1. The summed E-state index contributed by atoms with van der Waals surface area (Å²) in [5.41, 5.74) is 0. The predicted molar refractivity (Wildman–Crippen MR) is 96.6 cm³/mol. The highest BCUT2D eigenvalue weighted by Gasteiger charge is 2.08. The monoisotopic (exact) mass is 469 g/mol. The molecule has 0 aliphatic rings. The van der Waals surface area contributed by atoms with Gasteiger partial charge < -0.3 is 10.1 Å². The van der Waals surface area contributed by atoms with Gasteiger partial charge in [0, 0.05) is 10.5 Å². The standard InChI is InChI=1S/C15H22Br3NO/c1-3-7-19-11(2)6-4-5-8-20-15-13(17)9-12(16)10-14(15)18/h9-11,19H,3-8H2,1-2H3. The van der Waals surface area contributed by atoms with Gasteiger partial charge in [-0.2, -0.15) is 0 Å². The summed E-state index contributed by atoms with van der Waals surface area (Å²) in [5, 5.41) is 3.50. The quantitative estimate of drug-likeness (QED) is 0.452. The molecule has 0 saturated heterocycles.